The number of nitrogens with two attached hydrogens (primary N) is 1. The van der Waals surface area contributed by atoms with Crippen LogP contribution in [0.3, 0.4) is 0 Å². The second kappa shape index (κ2) is 4.23. The molecule has 4 N–H and O–H groups in total. The van der Waals surface area contributed by atoms with Crippen LogP contribution in [0, 0.1) is 0 Å². The lowest BCUT2D eigenvalue weighted by Crippen LogP contribution is -2.51. The van der Waals surface area contributed by atoms with Crippen LogP contribution in [0.15, 0.2) is 0 Å². The zero-order valence-corrected chi connectivity index (χ0v) is 7.12. The Bertz CT molecular complexity index is 112. The highest BCUT2D eigenvalue weighted by molar-refractivity contribution is 5.85. The average molecular weight is 184 g/mol. The van der Waals surface area contributed by atoms with Crippen LogP contribution in [0.1, 0.15) is 13.3 Å². The van der Waals surface area contributed by atoms with Crippen molar-refractivity contribution < 1.29 is 14.9 Å². The molecule has 68 valence electrons. The van der Waals surface area contributed by atoms with Crippen LogP contribution in [0.4, 0.5) is 0 Å². The SMILES string of the molecule is CC1OC(O)CC(N)C1O.Cl. The van der Waals surface area contributed by atoms with Gasteiger partial charge in [-0.25, -0.2) is 0 Å². The number of halogens is 1. The number of hydrogen-bond donors (Lipinski definition) is 3. The summed E-state index contributed by atoms with van der Waals surface area (Å²) in [5.41, 5.74) is 5.47. The number of aliphatic hydroxyl groups is 2. The minimum atomic E-state index is -0.812. The van der Waals surface area contributed by atoms with Crippen LogP contribution in [-0.4, -0.2) is 34.8 Å². The molecule has 0 aliphatic carbocycles. The van der Waals surface area contributed by atoms with E-state index in [-0.39, 0.29) is 24.6 Å². The maximum absolute atomic E-state index is 9.20. The van der Waals surface area contributed by atoms with Gasteiger partial charge in [-0.1, -0.05) is 0 Å². The van der Waals surface area contributed by atoms with Gasteiger partial charge in [-0.05, 0) is 6.92 Å². The van der Waals surface area contributed by atoms with Crippen LogP contribution in [0.5, 0.6) is 0 Å². The largest absolute Gasteiger partial charge is 0.389 e. The fourth-order valence-corrected chi connectivity index (χ4v) is 1.10. The predicted molar refractivity (Wildman–Crippen MR) is 42.4 cm³/mol. The van der Waals surface area contributed by atoms with Gasteiger partial charge in [-0.2, -0.15) is 0 Å². The van der Waals surface area contributed by atoms with Crippen molar-refractivity contribution >= 4 is 12.4 Å². The van der Waals surface area contributed by atoms with Crippen molar-refractivity contribution in [1.82, 2.24) is 0 Å². The topological polar surface area (TPSA) is 75.7 Å². The van der Waals surface area contributed by atoms with Gasteiger partial charge in [0.25, 0.3) is 0 Å². The van der Waals surface area contributed by atoms with E-state index in [0.717, 1.165) is 0 Å². The molecule has 0 saturated carbocycles. The van der Waals surface area contributed by atoms with Gasteiger partial charge in [0.05, 0.1) is 12.2 Å². The normalized spacial score (nSPS) is 44.7. The Kier molecular flexibility index (Phi) is 4.28. The summed E-state index contributed by atoms with van der Waals surface area (Å²) in [6.45, 7) is 1.69. The van der Waals surface area contributed by atoms with E-state index >= 15 is 0 Å². The molecule has 4 nitrogen and oxygen atoms in total. The Labute approximate surface area is 71.8 Å². The molecule has 1 heterocycles. The van der Waals surface area contributed by atoms with Gasteiger partial charge >= 0.3 is 0 Å². The first-order valence-electron chi connectivity index (χ1n) is 3.38. The monoisotopic (exact) mass is 183 g/mol. The molecule has 4 atom stereocenters. The Morgan fingerprint density at radius 2 is 2.00 bits per heavy atom. The quantitative estimate of drug-likeness (QED) is 0.461. The van der Waals surface area contributed by atoms with E-state index in [2.05, 4.69) is 0 Å². The summed E-state index contributed by atoms with van der Waals surface area (Å²) < 4.78 is 4.89. The van der Waals surface area contributed by atoms with Crippen molar-refractivity contribution in [2.24, 2.45) is 5.73 Å². The van der Waals surface area contributed by atoms with Crippen LogP contribution in [-0.2, 0) is 4.74 Å². The molecule has 1 aliphatic heterocycles. The van der Waals surface area contributed by atoms with Crippen molar-refractivity contribution in [3.05, 3.63) is 0 Å². The van der Waals surface area contributed by atoms with Gasteiger partial charge in [0, 0.05) is 12.5 Å². The fraction of sp³-hybridized carbons (Fsp3) is 1.00. The van der Waals surface area contributed by atoms with Crippen molar-refractivity contribution in [2.45, 2.75) is 37.9 Å². The second-order valence-corrected chi connectivity index (χ2v) is 2.69. The van der Waals surface area contributed by atoms with E-state index in [1.807, 2.05) is 0 Å². The Hall–Kier alpha value is 0.130. The molecule has 0 radical (unpaired) electrons. The van der Waals surface area contributed by atoms with E-state index in [9.17, 15) is 5.11 Å². The number of hydrogen-bond acceptors (Lipinski definition) is 4. The Morgan fingerprint density at radius 3 is 2.45 bits per heavy atom. The summed E-state index contributed by atoms with van der Waals surface area (Å²) in [6.07, 6.45) is -1.51. The van der Waals surface area contributed by atoms with Crippen molar-refractivity contribution in [2.75, 3.05) is 0 Å². The molecule has 11 heavy (non-hydrogen) atoms. The van der Waals surface area contributed by atoms with Gasteiger partial charge in [0.2, 0.25) is 0 Å². The number of aliphatic hydroxyl groups excluding tert-OH is 2. The summed E-state index contributed by atoms with van der Waals surface area (Å²) in [6, 6.07) is -0.362. The first-order valence-corrected chi connectivity index (χ1v) is 3.38. The van der Waals surface area contributed by atoms with Crippen LogP contribution < -0.4 is 5.73 Å². The lowest BCUT2D eigenvalue weighted by Gasteiger charge is -2.33. The van der Waals surface area contributed by atoms with Gasteiger partial charge < -0.3 is 20.7 Å². The van der Waals surface area contributed by atoms with Crippen LogP contribution in [0.25, 0.3) is 0 Å². The molecular formula is C6H14ClNO3. The Morgan fingerprint density at radius 1 is 1.45 bits per heavy atom. The molecule has 1 saturated heterocycles. The number of ether oxygens (including phenoxy) is 1. The highest BCUT2D eigenvalue weighted by Gasteiger charge is 2.31. The van der Waals surface area contributed by atoms with Crippen molar-refractivity contribution in [1.29, 1.82) is 0 Å². The zero-order valence-electron chi connectivity index (χ0n) is 6.30. The van der Waals surface area contributed by atoms with E-state index in [0.29, 0.717) is 6.42 Å². The molecular weight excluding hydrogens is 170 g/mol. The highest BCUT2D eigenvalue weighted by Crippen LogP contribution is 2.16. The standard InChI is InChI=1S/C6H13NO3.ClH/c1-3-6(9)4(7)2-5(8)10-3;/h3-6,8-9H,2,7H2,1H3;1H. The third kappa shape index (κ3) is 2.57. The number of rotatable bonds is 0. The lowest BCUT2D eigenvalue weighted by molar-refractivity contribution is -0.198. The van der Waals surface area contributed by atoms with Gasteiger partial charge in [0.15, 0.2) is 6.29 Å². The molecule has 0 bridgehead atoms. The molecule has 0 aromatic carbocycles. The summed E-state index contributed by atoms with van der Waals surface area (Å²) in [7, 11) is 0. The molecule has 4 unspecified atom stereocenters. The first-order chi connectivity index (χ1) is 4.61. The average Bonchev–Trinajstić information content (AvgIpc) is 1.82. The molecule has 1 rings (SSSR count). The second-order valence-electron chi connectivity index (χ2n) is 2.69. The van der Waals surface area contributed by atoms with Crippen LogP contribution >= 0.6 is 12.4 Å². The minimum absolute atomic E-state index is 0. The van der Waals surface area contributed by atoms with Gasteiger partial charge in [-0.3, -0.25) is 0 Å². The first kappa shape index (κ1) is 11.1. The third-order valence-corrected chi connectivity index (χ3v) is 1.77. The highest BCUT2D eigenvalue weighted by atomic mass is 35.5. The predicted octanol–water partition coefficient (Wildman–Crippen LogP) is -0.776. The summed E-state index contributed by atoms with van der Waals surface area (Å²) in [5, 5.41) is 18.2. The molecule has 0 spiro atoms. The van der Waals surface area contributed by atoms with Crippen LogP contribution in [0.2, 0.25) is 0 Å². The third-order valence-electron chi connectivity index (χ3n) is 1.77. The van der Waals surface area contributed by atoms with Gasteiger partial charge in [0.1, 0.15) is 0 Å². The maximum atomic E-state index is 9.20. The maximum Gasteiger partial charge on any atom is 0.156 e. The molecule has 0 aromatic heterocycles. The Balaban J connectivity index is 0.000001000. The zero-order chi connectivity index (χ0) is 7.72. The summed E-state index contributed by atoms with van der Waals surface area (Å²) in [4.78, 5) is 0. The lowest BCUT2D eigenvalue weighted by atomic mass is 10.0. The van der Waals surface area contributed by atoms with Gasteiger partial charge in [-0.15, -0.1) is 12.4 Å². The molecule has 1 fully saturated rings. The summed E-state index contributed by atoms with van der Waals surface area (Å²) in [5.74, 6) is 0. The minimum Gasteiger partial charge on any atom is -0.389 e. The fourth-order valence-electron chi connectivity index (χ4n) is 1.10. The smallest absolute Gasteiger partial charge is 0.156 e. The van der Waals surface area contributed by atoms with Crippen molar-refractivity contribution in [3.8, 4) is 0 Å². The molecule has 1 aliphatic rings. The molecule has 0 amide bonds. The van der Waals surface area contributed by atoms with E-state index in [4.69, 9.17) is 15.6 Å². The van der Waals surface area contributed by atoms with E-state index in [1.54, 1.807) is 6.92 Å². The van der Waals surface area contributed by atoms with Crippen molar-refractivity contribution in [3.63, 3.8) is 0 Å². The van der Waals surface area contributed by atoms with E-state index in [1.165, 1.54) is 0 Å². The van der Waals surface area contributed by atoms with E-state index < -0.39 is 12.4 Å². The summed E-state index contributed by atoms with van der Waals surface area (Å²) >= 11 is 0. The molecule has 5 heteroatoms. The molecule has 0 aromatic rings.